The Morgan fingerprint density at radius 1 is 1.26 bits per heavy atom. The molecular formula is C16H26BrClN2O3. The van der Waals surface area contributed by atoms with E-state index in [1.807, 2.05) is 32.9 Å². The molecule has 1 aromatic carbocycles. The predicted octanol–water partition coefficient (Wildman–Crippen LogP) is 3.02. The molecule has 132 valence electrons. The molecule has 0 saturated heterocycles. The molecule has 23 heavy (non-hydrogen) atoms. The van der Waals surface area contributed by atoms with E-state index in [0.29, 0.717) is 31.3 Å². The Morgan fingerprint density at radius 3 is 2.26 bits per heavy atom. The summed E-state index contributed by atoms with van der Waals surface area (Å²) in [7, 11) is 1.77. The van der Waals surface area contributed by atoms with Crippen molar-refractivity contribution in [3.05, 3.63) is 22.2 Å². The average Bonchev–Trinajstić information content (AvgIpc) is 2.50. The fourth-order valence-electron chi connectivity index (χ4n) is 1.94. The maximum absolute atomic E-state index is 12.3. The highest BCUT2D eigenvalue weighted by atomic mass is 79.9. The molecule has 2 N–H and O–H groups in total. The van der Waals surface area contributed by atoms with Gasteiger partial charge in [-0.25, -0.2) is 0 Å². The van der Waals surface area contributed by atoms with Gasteiger partial charge in [-0.15, -0.1) is 12.4 Å². The molecular weight excluding hydrogens is 384 g/mol. The normalized spacial score (nSPS) is 11.4. The minimum atomic E-state index is 0. The standard InChI is InChI=1S/C16H25BrN2O3.ClH/c1-5-21-14-7-12(13(17)9-15(14)22-6-2)8-16(20)19(4)11(3)10-18;/h7,9,11H,5-6,8,10,18H2,1-4H3;1H. The van der Waals surface area contributed by atoms with Gasteiger partial charge in [0.15, 0.2) is 11.5 Å². The van der Waals surface area contributed by atoms with Gasteiger partial charge in [0, 0.05) is 24.1 Å². The number of nitrogens with zero attached hydrogens (tertiary/aromatic N) is 1. The second kappa shape index (κ2) is 10.7. The molecule has 0 heterocycles. The maximum atomic E-state index is 12.3. The van der Waals surface area contributed by atoms with Crippen LogP contribution in [0.2, 0.25) is 0 Å². The van der Waals surface area contributed by atoms with Gasteiger partial charge in [0.05, 0.1) is 19.6 Å². The number of carbonyl (C=O) groups is 1. The minimum absolute atomic E-state index is 0. The second-order valence-electron chi connectivity index (χ2n) is 5.02. The molecule has 0 spiro atoms. The lowest BCUT2D eigenvalue weighted by Crippen LogP contribution is -2.40. The Kier molecular flexibility index (Phi) is 10.3. The number of likely N-dealkylation sites (N-methyl/N-ethyl adjacent to an activating group) is 1. The fourth-order valence-corrected chi connectivity index (χ4v) is 2.40. The number of benzene rings is 1. The Balaban J connectivity index is 0.00000484. The highest BCUT2D eigenvalue weighted by molar-refractivity contribution is 9.10. The molecule has 1 unspecified atom stereocenters. The summed E-state index contributed by atoms with van der Waals surface area (Å²) < 4.78 is 12.0. The topological polar surface area (TPSA) is 64.8 Å². The molecule has 1 aromatic rings. The van der Waals surface area contributed by atoms with Crippen molar-refractivity contribution in [2.45, 2.75) is 33.2 Å². The molecule has 0 bridgehead atoms. The van der Waals surface area contributed by atoms with Crippen LogP contribution in [0.25, 0.3) is 0 Å². The summed E-state index contributed by atoms with van der Waals surface area (Å²) in [4.78, 5) is 14.0. The molecule has 1 amide bonds. The van der Waals surface area contributed by atoms with Gasteiger partial charge in [0.1, 0.15) is 0 Å². The number of hydrogen-bond acceptors (Lipinski definition) is 4. The van der Waals surface area contributed by atoms with E-state index in [1.165, 1.54) is 0 Å². The van der Waals surface area contributed by atoms with E-state index >= 15 is 0 Å². The van der Waals surface area contributed by atoms with Crippen molar-refractivity contribution in [2.24, 2.45) is 5.73 Å². The lowest BCUT2D eigenvalue weighted by Gasteiger charge is -2.24. The molecule has 1 rings (SSSR count). The molecule has 0 fully saturated rings. The molecule has 7 heteroatoms. The monoisotopic (exact) mass is 408 g/mol. The van der Waals surface area contributed by atoms with Crippen molar-refractivity contribution in [1.29, 1.82) is 0 Å². The molecule has 1 atom stereocenters. The van der Waals surface area contributed by atoms with E-state index < -0.39 is 0 Å². The van der Waals surface area contributed by atoms with Crippen LogP contribution in [0.5, 0.6) is 11.5 Å². The zero-order valence-corrected chi connectivity index (χ0v) is 16.5. The van der Waals surface area contributed by atoms with E-state index in [9.17, 15) is 4.79 Å². The van der Waals surface area contributed by atoms with Gasteiger partial charge in [-0.2, -0.15) is 0 Å². The third-order valence-electron chi connectivity index (χ3n) is 3.45. The van der Waals surface area contributed by atoms with E-state index in [-0.39, 0.29) is 30.8 Å². The Hall–Kier alpha value is -0.980. The first-order chi connectivity index (χ1) is 10.4. The second-order valence-corrected chi connectivity index (χ2v) is 5.88. The van der Waals surface area contributed by atoms with Gasteiger partial charge in [0.25, 0.3) is 0 Å². The van der Waals surface area contributed by atoms with Gasteiger partial charge < -0.3 is 20.1 Å². The molecule has 0 aromatic heterocycles. The number of hydrogen-bond donors (Lipinski definition) is 1. The van der Waals surface area contributed by atoms with Crippen molar-refractivity contribution in [3.63, 3.8) is 0 Å². The zero-order chi connectivity index (χ0) is 16.7. The van der Waals surface area contributed by atoms with Crippen LogP contribution in [0.1, 0.15) is 26.3 Å². The van der Waals surface area contributed by atoms with Crippen LogP contribution in [0, 0.1) is 0 Å². The third kappa shape index (κ3) is 6.20. The predicted molar refractivity (Wildman–Crippen MR) is 98.7 cm³/mol. The number of carbonyl (C=O) groups excluding carboxylic acids is 1. The van der Waals surface area contributed by atoms with Crippen molar-refractivity contribution in [3.8, 4) is 11.5 Å². The van der Waals surface area contributed by atoms with Gasteiger partial charge >= 0.3 is 0 Å². The molecule has 0 radical (unpaired) electrons. The number of nitrogens with two attached hydrogens (primary N) is 1. The van der Waals surface area contributed by atoms with Gasteiger partial charge in [-0.3, -0.25) is 4.79 Å². The average molecular weight is 410 g/mol. The fraction of sp³-hybridized carbons (Fsp3) is 0.562. The first-order valence-corrected chi connectivity index (χ1v) is 8.27. The van der Waals surface area contributed by atoms with Crippen molar-refractivity contribution >= 4 is 34.2 Å². The summed E-state index contributed by atoms with van der Waals surface area (Å²) in [5, 5.41) is 0. The number of amides is 1. The number of halogens is 2. The van der Waals surface area contributed by atoms with Crippen LogP contribution in [0.3, 0.4) is 0 Å². The van der Waals surface area contributed by atoms with Gasteiger partial charge in [-0.1, -0.05) is 15.9 Å². The first-order valence-electron chi connectivity index (χ1n) is 7.48. The summed E-state index contributed by atoms with van der Waals surface area (Å²) in [5.74, 6) is 1.35. The largest absolute Gasteiger partial charge is 0.490 e. The van der Waals surface area contributed by atoms with Gasteiger partial charge in [0.2, 0.25) is 5.91 Å². The maximum Gasteiger partial charge on any atom is 0.227 e. The third-order valence-corrected chi connectivity index (χ3v) is 4.19. The SMILES string of the molecule is CCOc1cc(Br)c(CC(=O)N(C)C(C)CN)cc1OCC.Cl. The lowest BCUT2D eigenvalue weighted by molar-refractivity contribution is -0.130. The molecule has 0 aliphatic carbocycles. The van der Waals surface area contributed by atoms with Crippen LogP contribution in [-0.4, -0.2) is 43.7 Å². The Labute approximate surface area is 153 Å². The van der Waals surface area contributed by atoms with Crippen LogP contribution in [0.4, 0.5) is 0 Å². The molecule has 0 aliphatic rings. The minimum Gasteiger partial charge on any atom is -0.490 e. The number of ether oxygens (including phenoxy) is 2. The Morgan fingerprint density at radius 2 is 1.78 bits per heavy atom. The van der Waals surface area contributed by atoms with Crippen LogP contribution in [0.15, 0.2) is 16.6 Å². The summed E-state index contributed by atoms with van der Waals surface area (Å²) in [6, 6.07) is 3.72. The van der Waals surface area contributed by atoms with E-state index in [4.69, 9.17) is 15.2 Å². The summed E-state index contributed by atoms with van der Waals surface area (Å²) in [5.41, 5.74) is 6.48. The van der Waals surface area contributed by atoms with E-state index in [1.54, 1.807) is 11.9 Å². The summed E-state index contributed by atoms with van der Waals surface area (Å²) in [6.07, 6.45) is 0.286. The van der Waals surface area contributed by atoms with Crippen LogP contribution >= 0.6 is 28.3 Å². The van der Waals surface area contributed by atoms with Crippen molar-refractivity contribution in [2.75, 3.05) is 26.8 Å². The van der Waals surface area contributed by atoms with Crippen molar-refractivity contribution < 1.29 is 14.3 Å². The Bertz CT molecular complexity index is 514. The zero-order valence-electron chi connectivity index (χ0n) is 14.1. The highest BCUT2D eigenvalue weighted by Gasteiger charge is 2.18. The first kappa shape index (κ1) is 22.0. The van der Waals surface area contributed by atoms with Crippen LogP contribution in [-0.2, 0) is 11.2 Å². The summed E-state index contributed by atoms with van der Waals surface area (Å²) in [6.45, 7) is 7.30. The van der Waals surface area contributed by atoms with Gasteiger partial charge in [-0.05, 0) is 38.5 Å². The molecule has 0 saturated carbocycles. The molecule has 5 nitrogen and oxygen atoms in total. The van der Waals surface area contributed by atoms with E-state index in [2.05, 4.69) is 15.9 Å². The summed E-state index contributed by atoms with van der Waals surface area (Å²) >= 11 is 3.50. The highest BCUT2D eigenvalue weighted by Crippen LogP contribution is 2.34. The van der Waals surface area contributed by atoms with E-state index in [0.717, 1.165) is 10.0 Å². The van der Waals surface area contributed by atoms with Crippen LogP contribution < -0.4 is 15.2 Å². The van der Waals surface area contributed by atoms with Crippen molar-refractivity contribution in [1.82, 2.24) is 4.90 Å². The number of rotatable bonds is 8. The quantitative estimate of drug-likeness (QED) is 0.717. The smallest absolute Gasteiger partial charge is 0.227 e. The lowest BCUT2D eigenvalue weighted by atomic mass is 10.1. The molecule has 0 aliphatic heterocycles.